The molecule has 3 N–H and O–H groups in total. The lowest BCUT2D eigenvalue weighted by Gasteiger charge is -2.13. The van der Waals surface area contributed by atoms with Crippen molar-refractivity contribution in [2.75, 3.05) is 79.3 Å². The normalized spacial score (nSPS) is 12.4. The predicted molar refractivity (Wildman–Crippen MR) is 89.0 cm³/mol. The smallest absolute Gasteiger partial charge is 0.246 e. The van der Waals surface area contributed by atoms with Crippen LogP contribution in [-0.2, 0) is 28.5 Å². The van der Waals surface area contributed by atoms with Gasteiger partial charge in [-0.2, -0.15) is 0 Å². The van der Waals surface area contributed by atoms with E-state index in [0.717, 1.165) is 0 Å². The molecule has 1 unspecified atom stereocenters. The van der Waals surface area contributed by atoms with E-state index >= 15 is 0 Å². The van der Waals surface area contributed by atoms with Crippen molar-refractivity contribution in [1.29, 1.82) is 1.43 Å². The average molecular weight is 364 g/mol. The second kappa shape index (κ2) is 19.1. The largest absolute Gasteiger partial charge is 0.394 e. The highest BCUT2D eigenvalue weighted by atomic mass is 16.6. The molecular weight excluding hydrogens is 334 g/mol. The Labute approximate surface area is 150 Å². The number of carbonyl (C=O) groups excluding carboxylic acids is 1. The zero-order valence-electron chi connectivity index (χ0n) is 15.4. The number of hydrogen-bond donors (Lipinski definition) is 3. The molecule has 0 radical (unpaired) electrons. The third-order valence-corrected chi connectivity index (χ3v) is 2.69. The van der Waals surface area contributed by atoms with Crippen molar-refractivity contribution in [3.05, 3.63) is 0 Å². The van der Waals surface area contributed by atoms with Crippen molar-refractivity contribution in [3.8, 4) is 12.3 Å². The molecule has 9 heteroatoms. The van der Waals surface area contributed by atoms with Crippen molar-refractivity contribution < 1.29 is 38.7 Å². The molecule has 0 fully saturated rings. The summed E-state index contributed by atoms with van der Waals surface area (Å²) in [4.78, 5) is 11.5. The van der Waals surface area contributed by atoms with E-state index in [1.807, 2.05) is 0 Å². The number of aliphatic hydroxyl groups is 2. The summed E-state index contributed by atoms with van der Waals surface area (Å²) in [7, 11) is 0. The maximum absolute atomic E-state index is 11.5. The second-order valence-electron chi connectivity index (χ2n) is 4.76. The Kier molecular flexibility index (Phi) is 16.6. The van der Waals surface area contributed by atoms with Crippen LogP contribution in [0.1, 0.15) is 0 Å². The third-order valence-electron chi connectivity index (χ3n) is 2.69. The summed E-state index contributed by atoms with van der Waals surface area (Å²) in [5.41, 5.74) is 0. The molecule has 0 saturated heterocycles. The summed E-state index contributed by atoms with van der Waals surface area (Å²) >= 11 is 0. The Bertz CT molecular complexity index is 367. The quantitative estimate of drug-likeness (QED) is 0.181. The minimum Gasteiger partial charge on any atom is -0.394 e. The monoisotopic (exact) mass is 364 g/mol. The van der Waals surface area contributed by atoms with Crippen LogP contribution in [0.15, 0.2) is 0 Å². The van der Waals surface area contributed by atoms with Crippen molar-refractivity contribution in [1.82, 2.24) is 5.32 Å². The highest BCUT2D eigenvalue weighted by molar-refractivity contribution is 5.77. The number of ether oxygens (including phenoxy) is 5. The van der Waals surface area contributed by atoms with Crippen LogP contribution in [-0.4, -0.2) is 103 Å². The van der Waals surface area contributed by atoms with Crippen LogP contribution in [0.25, 0.3) is 0 Å². The Morgan fingerprint density at radius 1 is 0.960 bits per heavy atom. The Morgan fingerprint density at radius 2 is 1.48 bits per heavy atom. The number of hydrogen-bond acceptors (Lipinski definition) is 8. The molecule has 0 aliphatic carbocycles. The van der Waals surface area contributed by atoms with Gasteiger partial charge in [-0.1, -0.05) is 5.92 Å². The van der Waals surface area contributed by atoms with Crippen LogP contribution in [0.4, 0.5) is 0 Å². The van der Waals surface area contributed by atoms with Gasteiger partial charge in [-0.25, -0.2) is 0 Å². The topological polar surface area (TPSA) is 116 Å². The first kappa shape index (κ1) is 21.8. The summed E-state index contributed by atoms with van der Waals surface area (Å²) < 4.78 is 32.6. The van der Waals surface area contributed by atoms with Gasteiger partial charge in [-0.3, -0.25) is 4.79 Å². The highest BCUT2D eigenvalue weighted by Crippen LogP contribution is 1.85. The van der Waals surface area contributed by atoms with E-state index in [9.17, 15) is 4.79 Å². The summed E-state index contributed by atoms with van der Waals surface area (Å²) in [5, 5.41) is 15.5. The Hall–Kier alpha value is -1.25. The Balaban J connectivity index is 3.24. The van der Waals surface area contributed by atoms with Gasteiger partial charge in [0.1, 0.15) is 13.2 Å². The highest BCUT2D eigenvalue weighted by Gasteiger charge is 2.09. The lowest BCUT2D eigenvalue weighted by molar-refractivity contribution is -0.127. The van der Waals surface area contributed by atoms with Crippen molar-refractivity contribution >= 4 is 5.91 Å². The molecule has 0 aliphatic heterocycles. The lowest BCUT2D eigenvalue weighted by atomic mass is 10.3. The molecule has 0 heterocycles. The van der Waals surface area contributed by atoms with E-state index in [2.05, 4.69) is 16.3 Å². The summed E-state index contributed by atoms with van der Waals surface area (Å²) in [6.07, 6.45) is 5.03. The van der Waals surface area contributed by atoms with Crippen LogP contribution >= 0.6 is 0 Å². The van der Waals surface area contributed by atoms with E-state index in [-0.39, 0.29) is 33.0 Å². The summed E-state index contributed by atoms with van der Waals surface area (Å²) in [6.45, 7) is 3.04. The van der Waals surface area contributed by atoms with E-state index in [4.69, 9.17) is 36.6 Å². The standard InChI is InChI=1S/C16H29NO8/c1-2-3-21-4-5-22-6-7-23-8-9-24-10-11-25-14-16(20)17-15(12-18)13-19/h1,15,18-19H,3-14H2,(H,17,20)/i18D. The van der Waals surface area contributed by atoms with E-state index in [0.29, 0.717) is 46.2 Å². The predicted octanol–water partition coefficient (Wildman–Crippen LogP) is -1.83. The van der Waals surface area contributed by atoms with Gasteiger partial charge in [0.25, 0.3) is 0 Å². The number of carbonyl (C=O) groups is 1. The van der Waals surface area contributed by atoms with Crippen LogP contribution in [0, 0.1) is 12.3 Å². The molecule has 0 bridgehead atoms. The molecule has 146 valence electrons. The van der Waals surface area contributed by atoms with Gasteiger partial charge < -0.3 is 39.2 Å². The average Bonchev–Trinajstić information content (AvgIpc) is 2.64. The van der Waals surface area contributed by atoms with Crippen LogP contribution in [0.5, 0.6) is 0 Å². The molecule has 0 saturated carbocycles. The van der Waals surface area contributed by atoms with Gasteiger partial charge in [0.2, 0.25) is 7.34 Å². The molecule has 0 aromatic heterocycles. The molecule has 0 rings (SSSR count). The zero-order valence-corrected chi connectivity index (χ0v) is 14.4. The lowest BCUT2D eigenvalue weighted by Crippen LogP contribution is -2.42. The number of terminal acetylenes is 1. The SMILES string of the molecule is [2H]OCC(CO)NC(=O)COCCOCCOCCOCCOCC#C. The molecule has 0 aromatic rings. The number of nitrogens with one attached hydrogen (secondary N) is 1. The van der Waals surface area contributed by atoms with Crippen LogP contribution in [0.3, 0.4) is 0 Å². The van der Waals surface area contributed by atoms with Gasteiger partial charge >= 0.3 is 0 Å². The first-order chi connectivity index (χ1) is 12.7. The third kappa shape index (κ3) is 17.4. The van der Waals surface area contributed by atoms with E-state index in [1.54, 1.807) is 0 Å². The van der Waals surface area contributed by atoms with Gasteiger partial charge in [-0.15, -0.1) is 6.42 Å². The van der Waals surface area contributed by atoms with Crippen molar-refractivity contribution in [3.63, 3.8) is 0 Å². The fourth-order valence-corrected chi connectivity index (χ4v) is 1.48. The molecule has 0 aromatic carbocycles. The van der Waals surface area contributed by atoms with E-state index < -0.39 is 11.9 Å². The molecule has 0 aliphatic rings. The maximum atomic E-state index is 11.5. The first-order valence-electron chi connectivity index (χ1n) is 8.45. The van der Waals surface area contributed by atoms with Crippen LogP contribution in [0.2, 0.25) is 0 Å². The Morgan fingerprint density at radius 3 is 1.96 bits per heavy atom. The molecule has 9 nitrogen and oxygen atoms in total. The second-order valence-corrected chi connectivity index (χ2v) is 4.76. The van der Waals surface area contributed by atoms with Gasteiger partial charge in [0.15, 0.2) is 0 Å². The van der Waals surface area contributed by atoms with E-state index in [1.165, 1.54) is 0 Å². The van der Waals surface area contributed by atoms with Gasteiger partial charge in [-0.05, 0) is 0 Å². The summed E-state index contributed by atoms with van der Waals surface area (Å²) in [5.74, 6) is 1.97. The fraction of sp³-hybridized carbons (Fsp3) is 0.812. The van der Waals surface area contributed by atoms with Gasteiger partial charge in [0, 0.05) is 0 Å². The molecule has 1 atom stereocenters. The molecule has 25 heavy (non-hydrogen) atoms. The van der Waals surface area contributed by atoms with Gasteiger partial charge in [0.05, 0.1) is 72.1 Å². The minimum atomic E-state index is -0.614. The number of amides is 1. The number of rotatable bonds is 19. The zero-order chi connectivity index (χ0) is 19.3. The fourth-order valence-electron chi connectivity index (χ4n) is 1.48. The number of aliphatic hydroxyl groups excluding tert-OH is 2. The molecule has 1 amide bonds. The van der Waals surface area contributed by atoms with Crippen LogP contribution < -0.4 is 5.32 Å². The van der Waals surface area contributed by atoms with Crippen molar-refractivity contribution in [2.24, 2.45) is 0 Å². The molecular formula is C16H29NO8. The maximum Gasteiger partial charge on any atom is 0.246 e. The summed E-state index contributed by atoms with van der Waals surface area (Å²) in [6, 6.07) is -0.614. The minimum absolute atomic E-state index is 0.0874. The molecule has 0 spiro atoms. The van der Waals surface area contributed by atoms with Crippen molar-refractivity contribution in [2.45, 2.75) is 6.04 Å². The first-order valence-corrected chi connectivity index (χ1v) is 8.05.